The molecule has 0 radical (unpaired) electrons. The first-order chi connectivity index (χ1) is 7.54. The van der Waals surface area contributed by atoms with Gasteiger partial charge in [0.25, 0.3) is 0 Å². The standard InChI is InChI=1S/C11H24O4Si2/c1-16(2,3)14-9-11(15-17(4,5)6)7-8-13-10(11)12/h7-9H2,1-6H3. The Bertz CT molecular complexity index is 293. The van der Waals surface area contributed by atoms with Gasteiger partial charge in [-0.3, -0.25) is 0 Å². The number of carbonyl (C=O) groups excluding carboxylic acids is 1. The monoisotopic (exact) mass is 276 g/mol. The molecule has 4 nitrogen and oxygen atoms in total. The smallest absolute Gasteiger partial charge is 0.339 e. The lowest BCUT2D eigenvalue weighted by Crippen LogP contribution is -2.51. The van der Waals surface area contributed by atoms with Gasteiger partial charge in [0, 0.05) is 6.42 Å². The van der Waals surface area contributed by atoms with Gasteiger partial charge in [0.05, 0.1) is 13.2 Å². The number of carbonyl (C=O) groups is 1. The Hall–Kier alpha value is -0.176. The molecule has 0 bridgehead atoms. The van der Waals surface area contributed by atoms with Crippen molar-refractivity contribution < 1.29 is 18.4 Å². The van der Waals surface area contributed by atoms with E-state index in [1.807, 2.05) is 0 Å². The normalized spacial score (nSPS) is 26.1. The molecule has 100 valence electrons. The molecule has 1 unspecified atom stereocenters. The highest BCUT2D eigenvalue weighted by Gasteiger charge is 2.49. The van der Waals surface area contributed by atoms with Crippen LogP contribution in [0.2, 0.25) is 39.3 Å². The fourth-order valence-corrected chi connectivity index (χ4v) is 3.80. The van der Waals surface area contributed by atoms with E-state index >= 15 is 0 Å². The zero-order valence-electron chi connectivity index (χ0n) is 11.8. The third kappa shape index (κ3) is 4.53. The SMILES string of the molecule is C[Si](C)(C)OCC1(O[Si](C)(C)C)CCOC1=O. The molecule has 1 saturated heterocycles. The Balaban J connectivity index is 2.77. The minimum Gasteiger partial charge on any atom is -0.463 e. The highest BCUT2D eigenvalue weighted by Crippen LogP contribution is 2.30. The van der Waals surface area contributed by atoms with E-state index < -0.39 is 22.2 Å². The van der Waals surface area contributed by atoms with E-state index in [-0.39, 0.29) is 5.97 Å². The quantitative estimate of drug-likeness (QED) is 0.571. The van der Waals surface area contributed by atoms with Crippen molar-refractivity contribution in [1.82, 2.24) is 0 Å². The Morgan fingerprint density at radius 1 is 1.18 bits per heavy atom. The molecule has 0 N–H and O–H groups in total. The maximum absolute atomic E-state index is 11.9. The summed E-state index contributed by atoms with van der Waals surface area (Å²) < 4.78 is 17.0. The van der Waals surface area contributed by atoms with Gasteiger partial charge in [0.1, 0.15) is 0 Å². The predicted molar refractivity (Wildman–Crippen MR) is 72.0 cm³/mol. The summed E-state index contributed by atoms with van der Waals surface area (Å²) in [4.78, 5) is 11.9. The molecule has 0 amide bonds. The van der Waals surface area contributed by atoms with Gasteiger partial charge in [0.2, 0.25) is 0 Å². The second-order valence-corrected chi connectivity index (χ2v) is 15.4. The molecule has 1 aliphatic rings. The van der Waals surface area contributed by atoms with E-state index in [2.05, 4.69) is 39.3 Å². The lowest BCUT2D eigenvalue weighted by molar-refractivity contribution is -0.153. The molecule has 1 aliphatic heterocycles. The summed E-state index contributed by atoms with van der Waals surface area (Å²) in [5.74, 6) is -0.252. The Labute approximate surface area is 106 Å². The molecular weight excluding hydrogens is 252 g/mol. The van der Waals surface area contributed by atoms with Crippen LogP contribution in [0.4, 0.5) is 0 Å². The van der Waals surface area contributed by atoms with Crippen LogP contribution in [0.1, 0.15) is 6.42 Å². The van der Waals surface area contributed by atoms with Gasteiger partial charge in [-0.1, -0.05) is 0 Å². The summed E-state index contributed by atoms with van der Waals surface area (Å²) in [7, 11) is -3.45. The van der Waals surface area contributed by atoms with Crippen molar-refractivity contribution in [3.05, 3.63) is 0 Å². The lowest BCUT2D eigenvalue weighted by Gasteiger charge is -2.34. The van der Waals surface area contributed by atoms with Gasteiger partial charge < -0.3 is 13.6 Å². The zero-order valence-corrected chi connectivity index (χ0v) is 13.8. The first-order valence-electron chi connectivity index (χ1n) is 6.06. The van der Waals surface area contributed by atoms with Crippen molar-refractivity contribution >= 4 is 22.6 Å². The molecule has 0 aromatic carbocycles. The summed E-state index contributed by atoms with van der Waals surface area (Å²) in [5, 5.41) is 0. The lowest BCUT2D eigenvalue weighted by atomic mass is 10.1. The Morgan fingerprint density at radius 2 is 1.76 bits per heavy atom. The van der Waals surface area contributed by atoms with E-state index in [0.29, 0.717) is 19.6 Å². The van der Waals surface area contributed by atoms with Crippen LogP contribution < -0.4 is 0 Å². The van der Waals surface area contributed by atoms with Crippen molar-refractivity contribution in [2.75, 3.05) is 13.2 Å². The maximum atomic E-state index is 11.9. The molecule has 1 rings (SSSR count). The van der Waals surface area contributed by atoms with Crippen LogP contribution in [0.15, 0.2) is 0 Å². The Morgan fingerprint density at radius 3 is 2.12 bits per heavy atom. The molecular formula is C11H24O4Si2. The molecule has 0 aliphatic carbocycles. The third-order valence-electron chi connectivity index (χ3n) is 2.35. The topological polar surface area (TPSA) is 44.8 Å². The van der Waals surface area contributed by atoms with Gasteiger partial charge in [-0.05, 0) is 39.3 Å². The molecule has 0 spiro atoms. The van der Waals surface area contributed by atoms with Crippen LogP contribution in [-0.4, -0.2) is 41.4 Å². The summed E-state index contributed by atoms with van der Waals surface area (Å²) in [6.07, 6.45) is 0.612. The number of esters is 1. The number of hydrogen-bond acceptors (Lipinski definition) is 4. The minimum absolute atomic E-state index is 0.252. The first-order valence-corrected chi connectivity index (χ1v) is 12.9. The molecule has 6 heteroatoms. The second-order valence-electron chi connectivity index (χ2n) is 6.50. The molecule has 0 aromatic rings. The van der Waals surface area contributed by atoms with Crippen molar-refractivity contribution in [2.45, 2.75) is 51.3 Å². The van der Waals surface area contributed by atoms with Crippen molar-refractivity contribution in [2.24, 2.45) is 0 Å². The molecule has 0 saturated carbocycles. The molecule has 1 fully saturated rings. The number of ether oxygens (including phenoxy) is 1. The largest absolute Gasteiger partial charge is 0.463 e. The Kier molecular flexibility index (Phi) is 4.23. The molecule has 0 aromatic heterocycles. The van der Waals surface area contributed by atoms with E-state index in [9.17, 15) is 4.79 Å². The summed E-state index contributed by atoms with van der Waals surface area (Å²) in [5.41, 5.74) is -0.843. The van der Waals surface area contributed by atoms with E-state index in [1.165, 1.54) is 0 Å². The number of rotatable bonds is 5. The molecule has 1 heterocycles. The number of cyclic esters (lactones) is 1. The molecule has 17 heavy (non-hydrogen) atoms. The highest BCUT2D eigenvalue weighted by atomic mass is 28.4. The van der Waals surface area contributed by atoms with Crippen molar-refractivity contribution in [1.29, 1.82) is 0 Å². The van der Waals surface area contributed by atoms with Crippen LogP contribution in [0, 0.1) is 0 Å². The highest BCUT2D eigenvalue weighted by molar-refractivity contribution is 6.70. The predicted octanol–water partition coefficient (Wildman–Crippen LogP) is 2.38. The summed E-state index contributed by atoms with van der Waals surface area (Å²) >= 11 is 0. The average molecular weight is 276 g/mol. The second kappa shape index (κ2) is 4.83. The van der Waals surface area contributed by atoms with E-state index in [1.54, 1.807) is 0 Å². The zero-order chi connectivity index (χ0) is 13.3. The molecule has 1 atom stereocenters. The van der Waals surface area contributed by atoms with Crippen LogP contribution in [0.25, 0.3) is 0 Å². The number of hydrogen-bond donors (Lipinski definition) is 0. The van der Waals surface area contributed by atoms with Crippen molar-refractivity contribution in [3.63, 3.8) is 0 Å². The fraction of sp³-hybridized carbons (Fsp3) is 0.909. The fourth-order valence-electron chi connectivity index (χ4n) is 1.71. The van der Waals surface area contributed by atoms with E-state index in [4.69, 9.17) is 13.6 Å². The van der Waals surface area contributed by atoms with Gasteiger partial charge in [0.15, 0.2) is 22.2 Å². The first kappa shape index (κ1) is 14.9. The van der Waals surface area contributed by atoms with E-state index in [0.717, 1.165) is 0 Å². The summed E-state index contributed by atoms with van der Waals surface area (Å²) in [6.45, 7) is 13.3. The minimum atomic E-state index is -1.80. The van der Waals surface area contributed by atoms with Crippen LogP contribution in [0.3, 0.4) is 0 Å². The van der Waals surface area contributed by atoms with Gasteiger partial charge in [-0.2, -0.15) is 0 Å². The van der Waals surface area contributed by atoms with Crippen LogP contribution in [0.5, 0.6) is 0 Å². The van der Waals surface area contributed by atoms with Gasteiger partial charge in [-0.25, -0.2) is 4.79 Å². The third-order valence-corrected chi connectivity index (χ3v) is 4.36. The van der Waals surface area contributed by atoms with Crippen LogP contribution >= 0.6 is 0 Å². The van der Waals surface area contributed by atoms with Gasteiger partial charge in [-0.15, -0.1) is 0 Å². The average Bonchev–Trinajstić information content (AvgIpc) is 2.41. The van der Waals surface area contributed by atoms with Crippen LogP contribution in [-0.2, 0) is 18.4 Å². The van der Waals surface area contributed by atoms with Gasteiger partial charge >= 0.3 is 5.97 Å². The maximum Gasteiger partial charge on any atom is 0.339 e. The summed E-state index contributed by atoms with van der Waals surface area (Å²) in [6, 6.07) is 0. The van der Waals surface area contributed by atoms with Crippen molar-refractivity contribution in [3.8, 4) is 0 Å².